The molecule has 0 aromatic heterocycles. The van der Waals surface area contributed by atoms with Crippen molar-refractivity contribution < 1.29 is 4.39 Å². The van der Waals surface area contributed by atoms with Crippen molar-refractivity contribution in [2.75, 3.05) is 19.8 Å². The van der Waals surface area contributed by atoms with Crippen molar-refractivity contribution in [3.8, 4) is 0 Å². The van der Waals surface area contributed by atoms with Gasteiger partial charge >= 0.3 is 0 Å². The number of rotatable bonds is 5. The van der Waals surface area contributed by atoms with Gasteiger partial charge in [0.2, 0.25) is 0 Å². The van der Waals surface area contributed by atoms with E-state index in [4.69, 9.17) is 0 Å². The SMILES string of the molecule is FCC(CCc1ccccc1)N1CCCCC1. The lowest BCUT2D eigenvalue weighted by Crippen LogP contribution is -2.40. The summed E-state index contributed by atoms with van der Waals surface area (Å²) in [7, 11) is 0. The van der Waals surface area contributed by atoms with Crippen molar-refractivity contribution in [1.29, 1.82) is 0 Å². The largest absolute Gasteiger partial charge is 0.298 e. The van der Waals surface area contributed by atoms with Gasteiger partial charge in [-0.15, -0.1) is 0 Å². The second-order valence-corrected chi connectivity index (χ2v) is 4.93. The summed E-state index contributed by atoms with van der Waals surface area (Å²) in [5.74, 6) is 0. The molecule has 1 saturated heterocycles. The summed E-state index contributed by atoms with van der Waals surface area (Å²) in [6.45, 7) is 1.97. The molecule has 1 heterocycles. The minimum absolute atomic E-state index is 0.135. The minimum Gasteiger partial charge on any atom is -0.298 e. The van der Waals surface area contributed by atoms with Crippen LogP contribution in [-0.2, 0) is 6.42 Å². The first-order valence-corrected chi connectivity index (χ1v) is 6.74. The lowest BCUT2D eigenvalue weighted by Gasteiger charge is -2.33. The number of alkyl halides is 1. The van der Waals surface area contributed by atoms with Crippen LogP contribution in [-0.4, -0.2) is 30.7 Å². The Kier molecular flexibility index (Phi) is 4.99. The van der Waals surface area contributed by atoms with Crippen LogP contribution < -0.4 is 0 Å². The molecule has 0 bridgehead atoms. The van der Waals surface area contributed by atoms with E-state index in [-0.39, 0.29) is 12.7 Å². The van der Waals surface area contributed by atoms with Gasteiger partial charge in [0.25, 0.3) is 0 Å². The molecule has 0 spiro atoms. The molecule has 1 fully saturated rings. The molecule has 17 heavy (non-hydrogen) atoms. The summed E-state index contributed by atoms with van der Waals surface area (Å²) in [5, 5.41) is 0. The molecule has 0 N–H and O–H groups in total. The van der Waals surface area contributed by atoms with Gasteiger partial charge in [-0.3, -0.25) is 4.90 Å². The van der Waals surface area contributed by atoms with E-state index >= 15 is 0 Å². The van der Waals surface area contributed by atoms with Crippen LogP contribution in [0.2, 0.25) is 0 Å². The Morgan fingerprint density at radius 1 is 1.06 bits per heavy atom. The van der Waals surface area contributed by atoms with Crippen LogP contribution in [0.15, 0.2) is 30.3 Å². The third-order valence-corrected chi connectivity index (χ3v) is 3.69. The number of nitrogens with zero attached hydrogens (tertiary/aromatic N) is 1. The van der Waals surface area contributed by atoms with Crippen LogP contribution in [0.5, 0.6) is 0 Å². The van der Waals surface area contributed by atoms with Crippen molar-refractivity contribution >= 4 is 0 Å². The van der Waals surface area contributed by atoms with Gasteiger partial charge in [0.1, 0.15) is 6.67 Å². The van der Waals surface area contributed by atoms with Crippen LogP contribution in [0.25, 0.3) is 0 Å². The van der Waals surface area contributed by atoms with Crippen molar-refractivity contribution in [3.05, 3.63) is 35.9 Å². The number of likely N-dealkylation sites (tertiary alicyclic amines) is 1. The van der Waals surface area contributed by atoms with Crippen LogP contribution in [0.4, 0.5) is 4.39 Å². The molecule has 1 unspecified atom stereocenters. The fourth-order valence-corrected chi connectivity index (χ4v) is 2.62. The quantitative estimate of drug-likeness (QED) is 0.755. The summed E-state index contributed by atoms with van der Waals surface area (Å²) in [4.78, 5) is 2.34. The topological polar surface area (TPSA) is 3.24 Å². The second kappa shape index (κ2) is 6.75. The van der Waals surface area contributed by atoms with Gasteiger partial charge in [-0.1, -0.05) is 36.8 Å². The summed E-state index contributed by atoms with van der Waals surface area (Å²) in [6.07, 6.45) is 5.73. The maximum atomic E-state index is 13.1. The third-order valence-electron chi connectivity index (χ3n) is 3.69. The van der Waals surface area contributed by atoms with Gasteiger partial charge in [0.15, 0.2) is 0 Å². The highest BCUT2D eigenvalue weighted by Crippen LogP contribution is 2.16. The predicted molar refractivity (Wildman–Crippen MR) is 70.0 cm³/mol. The average molecular weight is 235 g/mol. The molecule has 0 aliphatic carbocycles. The molecule has 1 nitrogen and oxygen atoms in total. The Balaban J connectivity index is 1.82. The molecule has 2 heteroatoms. The van der Waals surface area contributed by atoms with Gasteiger partial charge in [-0.05, 0) is 44.3 Å². The molecule has 1 aliphatic rings. The highest BCUT2D eigenvalue weighted by atomic mass is 19.1. The van der Waals surface area contributed by atoms with E-state index in [1.165, 1.54) is 24.8 Å². The van der Waals surface area contributed by atoms with Crippen LogP contribution >= 0.6 is 0 Å². The highest BCUT2D eigenvalue weighted by molar-refractivity contribution is 5.14. The van der Waals surface area contributed by atoms with Crippen LogP contribution in [0.3, 0.4) is 0 Å². The molecule has 0 radical (unpaired) electrons. The standard InChI is InChI=1S/C15H22FN/c16-13-15(17-11-5-2-6-12-17)10-9-14-7-3-1-4-8-14/h1,3-4,7-8,15H,2,5-6,9-13H2. The predicted octanol–water partition coefficient (Wildman–Crippen LogP) is 3.44. The van der Waals surface area contributed by atoms with Gasteiger partial charge in [0, 0.05) is 6.04 Å². The zero-order chi connectivity index (χ0) is 11.9. The molecule has 1 aromatic rings. The van der Waals surface area contributed by atoms with E-state index in [2.05, 4.69) is 29.2 Å². The fourth-order valence-electron chi connectivity index (χ4n) is 2.62. The van der Waals surface area contributed by atoms with Gasteiger partial charge in [0.05, 0.1) is 0 Å². The molecule has 1 aromatic carbocycles. The zero-order valence-corrected chi connectivity index (χ0v) is 10.4. The maximum absolute atomic E-state index is 13.1. The number of piperidine rings is 1. The lowest BCUT2D eigenvalue weighted by molar-refractivity contribution is 0.131. The molecule has 2 rings (SSSR count). The number of aryl methyl sites for hydroxylation is 1. The number of hydrogen-bond donors (Lipinski definition) is 0. The van der Waals surface area contributed by atoms with E-state index in [0.717, 1.165) is 25.9 Å². The second-order valence-electron chi connectivity index (χ2n) is 4.93. The molecule has 0 saturated carbocycles. The smallest absolute Gasteiger partial charge is 0.105 e. The van der Waals surface area contributed by atoms with Gasteiger partial charge in [-0.25, -0.2) is 4.39 Å². The highest BCUT2D eigenvalue weighted by Gasteiger charge is 2.20. The fraction of sp³-hybridized carbons (Fsp3) is 0.600. The van der Waals surface area contributed by atoms with E-state index in [1.54, 1.807) is 0 Å². The van der Waals surface area contributed by atoms with E-state index in [0.29, 0.717) is 0 Å². The molecule has 1 aliphatic heterocycles. The van der Waals surface area contributed by atoms with Gasteiger partial charge < -0.3 is 0 Å². The summed E-state index contributed by atoms with van der Waals surface area (Å²) >= 11 is 0. The summed E-state index contributed by atoms with van der Waals surface area (Å²) in [6, 6.07) is 10.5. The summed E-state index contributed by atoms with van der Waals surface area (Å²) in [5.41, 5.74) is 1.32. The third kappa shape index (κ3) is 3.81. The minimum atomic E-state index is -0.202. The van der Waals surface area contributed by atoms with Crippen LogP contribution in [0, 0.1) is 0 Å². The van der Waals surface area contributed by atoms with Gasteiger partial charge in [-0.2, -0.15) is 0 Å². The van der Waals surface area contributed by atoms with E-state index < -0.39 is 0 Å². The van der Waals surface area contributed by atoms with Crippen molar-refractivity contribution in [2.45, 2.75) is 38.1 Å². The first kappa shape index (κ1) is 12.6. The lowest BCUT2D eigenvalue weighted by atomic mass is 10.0. The monoisotopic (exact) mass is 235 g/mol. The van der Waals surface area contributed by atoms with Crippen molar-refractivity contribution in [2.24, 2.45) is 0 Å². The Morgan fingerprint density at radius 3 is 2.41 bits per heavy atom. The van der Waals surface area contributed by atoms with Crippen molar-refractivity contribution in [1.82, 2.24) is 4.90 Å². The molecular weight excluding hydrogens is 213 g/mol. The van der Waals surface area contributed by atoms with E-state index in [9.17, 15) is 4.39 Å². The number of halogens is 1. The molecular formula is C15H22FN. The first-order valence-electron chi connectivity index (χ1n) is 6.74. The first-order chi connectivity index (χ1) is 8.40. The normalized spacial score (nSPS) is 19.1. The number of hydrogen-bond acceptors (Lipinski definition) is 1. The Morgan fingerprint density at radius 2 is 1.76 bits per heavy atom. The Bertz CT molecular complexity index is 306. The molecule has 1 atom stereocenters. The molecule has 0 amide bonds. The molecule has 94 valence electrons. The average Bonchev–Trinajstić information content (AvgIpc) is 2.42. The zero-order valence-electron chi connectivity index (χ0n) is 10.4. The number of benzene rings is 1. The van der Waals surface area contributed by atoms with Crippen LogP contribution in [0.1, 0.15) is 31.2 Å². The Hall–Kier alpha value is -0.890. The Labute approximate surface area is 104 Å². The van der Waals surface area contributed by atoms with Crippen molar-refractivity contribution in [3.63, 3.8) is 0 Å². The van der Waals surface area contributed by atoms with E-state index in [1.807, 2.05) is 6.07 Å². The summed E-state index contributed by atoms with van der Waals surface area (Å²) < 4.78 is 13.1. The maximum Gasteiger partial charge on any atom is 0.105 e.